The van der Waals surface area contributed by atoms with Crippen LogP contribution in [0.4, 0.5) is 0 Å². The van der Waals surface area contributed by atoms with Crippen LogP contribution in [0, 0.1) is 0 Å². The van der Waals surface area contributed by atoms with Crippen molar-refractivity contribution in [3.63, 3.8) is 0 Å². The minimum absolute atomic E-state index is 0.418. The average molecular weight is 394 g/mol. The topological polar surface area (TPSA) is 70.8 Å². The van der Waals surface area contributed by atoms with E-state index in [0.717, 1.165) is 6.04 Å². The summed E-state index contributed by atoms with van der Waals surface area (Å²) in [6.45, 7) is 15.5. The molecule has 0 saturated heterocycles. The van der Waals surface area contributed by atoms with Crippen LogP contribution in [-0.2, 0) is 18.1 Å². The van der Waals surface area contributed by atoms with E-state index in [0.29, 0.717) is 12.0 Å². The summed E-state index contributed by atoms with van der Waals surface area (Å²) in [5.41, 5.74) is 5.90. The molecule has 0 saturated carbocycles. The minimum atomic E-state index is -2.11. The third kappa shape index (κ3) is 4.14. The highest BCUT2D eigenvalue weighted by Gasteiger charge is 2.70. The Kier molecular flexibility index (Phi) is 7.88. The maximum Gasteiger partial charge on any atom is 0.244 e. The van der Waals surface area contributed by atoms with Crippen LogP contribution < -0.4 is 5.73 Å². The Hall–Kier alpha value is -0.0425. The Morgan fingerprint density at radius 3 is 1.39 bits per heavy atom. The van der Waals surface area contributed by atoms with Crippen molar-refractivity contribution in [2.45, 2.75) is 51.7 Å². The van der Waals surface area contributed by atoms with E-state index in [9.17, 15) is 4.79 Å². The fourth-order valence-corrected chi connectivity index (χ4v) is 79.3. The SMILES string of the molecule is C=C(CC[Si]([Si](C)(C)OC)([Si](C)(C)OC)[Si](C)(C)OC)C(N)=O. The van der Waals surface area contributed by atoms with Crippen LogP contribution in [0.1, 0.15) is 6.42 Å². The Bertz CT molecular complexity index is 411. The summed E-state index contributed by atoms with van der Waals surface area (Å²) in [6.07, 6.45) is 0.612. The summed E-state index contributed by atoms with van der Waals surface area (Å²) < 4.78 is 18.4. The van der Waals surface area contributed by atoms with Gasteiger partial charge in [-0.1, -0.05) is 12.6 Å². The standard InChI is InChI=1S/C14H35NO4Si4/c1-13(14(15)16)11-12-23(20(5,6)17-2,21(7,8)18-3)22(9,10)19-4/h1,11-12H2,2-10H3,(H2,15,16). The van der Waals surface area contributed by atoms with Crippen LogP contribution >= 0.6 is 0 Å². The van der Waals surface area contributed by atoms with Crippen molar-refractivity contribution in [3.05, 3.63) is 12.2 Å². The lowest BCUT2D eigenvalue weighted by atomic mass is 10.2. The van der Waals surface area contributed by atoms with E-state index in [-0.39, 0.29) is 0 Å². The number of hydrogen-bond acceptors (Lipinski definition) is 4. The van der Waals surface area contributed by atoms with Crippen molar-refractivity contribution in [1.29, 1.82) is 0 Å². The lowest BCUT2D eigenvalue weighted by Crippen LogP contribution is -2.86. The molecule has 1 amide bonds. The summed E-state index contributed by atoms with van der Waals surface area (Å²) >= 11 is 0. The highest BCUT2D eigenvalue weighted by Crippen LogP contribution is 2.42. The van der Waals surface area contributed by atoms with Crippen LogP contribution in [0.15, 0.2) is 12.2 Å². The number of hydrogen-bond donors (Lipinski definition) is 1. The van der Waals surface area contributed by atoms with E-state index < -0.39 is 36.0 Å². The smallest absolute Gasteiger partial charge is 0.244 e. The molecule has 0 radical (unpaired) electrons. The first-order chi connectivity index (χ1) is 10.3. The number of carbonyl (C=O) groups excluding carboxylic acids is 1. The quantitative estimate of drug-likeness (QED) is 0.457. The number of primary amides is 1. The largest absolute Gasteiger partial charge is 0.423 e. The zero-order valence-corrected chi connectivity index (χ0v) is 20.3. The molecular weight excluding hydrogens is 359 g/mol. The van der Waals surface area contributed by atoms with Gasteiger partial charge in [0.15, 0.2) is 23.5 Å². The summed E-state index contributed by atoms with van der Waals surface area (Å²) in [5, 5.41) is 0. The van der Waals surface area contributed by atoms with E-state index in [1.165, 1.54) is 0 Å². The van der Waals surface area contributed by atoms with Crippen LogP contribution in [0.5, 0.6) is 0 Å². The van der Waals surface area contributed by atoms with Crippen LogP contribution in [-0.4, -0.2) is 57.4 Å². The molecule has 0 spiro atoms. The molecule has 0 unspecified atom stereocenters. The molecule has 0 aromatic heterocycles. The molecule has 2 N–H and O–H groups in total. The summed E-state index contributed by atoms with van der Waals surface area (Å²) in [6, 6.07) is 0.905. The molecule has 5 nitrogen and oxygen atoms in total. The van der Waals surface area contributed by atoms with Crippen molar-refractivity contribution in [2.75, 3.05) is 21.3 Å². The van der Waals surface area contributed by atoms with E-state index in [1.807, 2.05) is 21.3 Å². The molecule has 0 atom stereocenters. The van der Waals surface area contributed by atoms with Gasteiger partial charge in [-0.25, -0.2) is 0 Å². The molecule has 0 aromatic carbocycles. The fourth-order valence-electron chi connectivity index (χ4n) is 4.06. The molecular formula is C14H35NO4Si4. The van der Waals surface area contributed by atoms with E-state index >= 15 is 0 Å². The predicted octanol–water partition coefficient (Wildman–Crippen LogP) is 2.66. The highest BCUT2D eigenvalue weighted by atomic mass is 29.9. The summed E-state index contributed by atoms with van der Waals surface area (Å²) in [7, 11) is -0.707. The number of nitrogens with two attached hydrogens (primary N) is 1. The Morgan fingerprint density at radius 2 is 1.17 bits per heavy atom. The Balaban J connectivity index is 6.30. The zero-order valence-electron chi connectivity index (χ0n) is 16.3. The first-order valence-electron chi connectivity index (χ1n) is 7.89. The van der Waals surface area contributed by atoms with Crippen molar-refractivity contribution in [3.8, 4) is 0 Å². The van der Waals surface area contributed by atoms with Gasteiger partial charge in [0.1, 0.15) is 6.63 Å². The van der Waals surface area contributed by atoms with Crippen molar-refractivity contribution >= 4 is 36.0 Å². The second kappa shape index (κ2) is 7.89. The lowest BCUT2D eigenvalue weighted by Gasteiger charge is -2.56. The van der Waals surface area contributed by atoms with Gasteiger partial charge in [-0.2, -0.15) is 0 Å². The van der Waals surface area contributed by atoms with Gasteiger partial charge in [0, 0.05) is 26.9 Å². The second-order valence-electron chi connectivity index (χ2n) is 7.52. The van der Waals surface area contributed by atoms with Gasteiger partial charge in [0.25, 0.3) is 0 Å². The zero-order chi connectivity index (χ0) is 18.7. The third-order valence-electron chi connectivity index (χ3n) is 5.76. The van der Waals surface area contributed by atoms with Crippen LogP contribution in [0.25, 0.3) is 0 Å². The van der Waals surface area contributed by atoms with Crippen molar-refractivity contribution in [1.82, 2.24) is 0 Å². The second-order valence-corrected chi connectivity index (χ2v) is 43.1. The van der Waals surface area contributed by atoms with E-state index in [1.54, 1.807) is 0 Å². The van der Waals surface area contributed by atoms with Gasteiger partial charge in [0.2, 0.25) is 5.91 Å². The Labute approximate surface area is 145 Å². The van der Waals surface area contributed by atoms with Gasteiger partial charge >= 0.3 is 0 Å². The highest BCUT2D eigenvalue weighted by molar-refractivity contribution is 7.87. The molecule has 136 valence electrons. The third-order valence-corrected chi connectivity index (χ3v) is 71.1. The van der Waals surface area contributed by atoms with Crippen LogP contribution in [0.3, 0.4) is 0 Å². The average Bonchev–Trinajstić information content (AvgIpc) is 2.46. The molecule has 23 heavy (non-hydrogen) atoms. The van der Waals surface area contributed by atoms with E-state index in [4.69, 9.17) is 19.0 Å². The molecule has 0 aliphatic rings. The monoisotopic (exact) mass is 393 g/mol. The predicted molar refractivity (Wildman–Crippen MR) is 107 cm³/mol. The van der Waals surface area contributed by atoms with E-state index in [2.05, 4.69) is 45.9 Å². The van der Waals surface area contributed by atoms with Crippen molar-refractivity contribution < 1.29 is 18.1 Å². The van der Waals surface area contributed by atoms with Gasteiger partial charge < -0.3 is 19.0 Å². The molecule has 0 bridgehead atoms. The summed E-state index contributed by atoms with van der Waals surface area (Å²) in [4.78, 5) is 11.5. The normalized spacial score (nSPS) is 14.0. The van der Waals surface area contributed by atoms with Gasteiger partial charge in [0.05, 0.1) is 0 Å². The van der Waals surface area contributed by atoms with Crippen LogP contribution in [0.2, 0.25) is 45.3 Å². The van der Waals surface area contributed by atoms with Gasteiger partial charge in [-0.15, -0.1) is 0 Å². The lowest BCUT2D eigenvalue weighted by molar-refractivity contribution is -0.114. The molecule has 9 heteroatoms. The first kappa shape index (κ1) is 23.0. The molecule has 0 aromatic rings. The number of amides is 1. The fraction of sp³-hybridized carbons (Fsp3) is 0.786. The molecule has 0 fully saturated rings. The van der Waals surface area contributed by atoms with Gasteiger partial charge in [-0.3, -0.25) is 4.79 Å². The number of carbonyl (C=O) groups is 1. The molecule has 0 aliphatic heterocycles. The first-order valence-corrected chi connectivity index (χ1v) is 21.8. The molecule has 0 rings (SSSR count). The minimum Gasteiger partial charge on any atom is -0.423 e. The molecule has 0 aliphatic carbocycles. The summed E-state index contributed by atoms with van der Waals surface area (Å²) in [5.74, 6) is -0.418. The van der Waals surface area contributed by atoms with Crippen molar-refractivity contribution in [2.24, 2.45) is 5.73 Å². The Morgan fingerprint density at radius 1 is 0.870 bits per heavy atom. The molecule has 0 heterocycles. The van der Waals surface area contributed by atoms with Gasteiger partial charge in [-0.05, 0) is 45.7 Å². The maximum absolute atomic E-state index is 11.5. The maximum atomic E-state index is 11.5. The number of rotatable bonds is 10.